The molecule has 2 atom stereocenters. The summed E-state index contributed by atoms with van der Waals surface area (Å²) < 4.78 is 4.53. The van der Waals surface area contributed by atoms with Crippen LogP contribution in [0.1, 0.15) is 13.8 Å². The summed E-state index contributed by atoms with van der Waals surface area (Å²) in [6.07, 6.45) is 0. The molecular formula is C8H13NO3. The Bertz CT molecular complexity index is 212. The van der Waals surface area contributed by atoms with Gasteiger partial charge in [0.1, 0.15) is 6.04 Å². The molecule has 1 fully saturated rings. The Morgan fingerprint density at radius 2 is 2.17 bits per heavy atom. The first-order valence-corrected chi connectivity index (χ1v) is 3.96. The molecule has 0 bridgehead atoms. The number of carbonyl (C=O) groups excluding carboxylic acids is 2. The number of carbonyl (C=O) groups is 2. The van der Waals surface area contributed by atoms with E-state index in [0.717, 1.165) is 0 Å². The summed E-state index contributed by atoms with van der Waals surface area (Å²) in [5.74, 6) is -0.436. The van der Waals surface area contributed by atoms with E-state index in [2.05, 4.69) is 10.1 Å². The van der Waals surface area contributed by atoms with Crippen LogP contribution in [0.25, 0.3) is 0 Å². The van der Waals surface area contributed by atoms with Crippen molar-refractivity contribution in [3.8, 4) is 0 Å². The Hall–Kier alpha value is -1.06. The smallest absolute Gasteiger partial charge is 0.329 e. The quantitative estimate of drug-likeness (QED) is 0.467. The standard InChI is InChI=1S/C8H13NO3/c1-4(2)5-6(8(11)12-3)9-7(5)10/h4-6H,1-3H3,(H,9,10)/t5-,6-/m1/s1. The summed E-state index contributed by atoms with van der Waals surface area (Å²) in [7, 11) is 1.32. The zero-order valence-corrected chi connectivity index (χ0v) is 7.46. The summed E-state index contributed by atoms with van der Waals surface area (Å²) >= 11 is 0. The van der Waals surface area contributed by atoms with E-state index in [9.17, 15) is 9.59 Å². The molecule has 4 nitrogen and oxygen atoms in total. The summed E-state index contributed by atoms with van der Waals surface area (Å²) in [5.41, 5.74) is 0. The maximum Gasteiger partial charge on any atom is 0.329 e. The largest absolute Gasteiger partial charge is 0.467 e. The summed E-state index contributed by atoms with van der Waals surface area (Å²) in [5, 5.41) is 2.51. The van der Waals surface area contributed by atoms with Crippen molar-refractivity contribution in [3.05, 3.63) is 0 Å². The molecule has 0 saturated carbocycles. The molecule has 0 aromatic rings. The van der Waals surface area contributed by atoms with Gasteiger partial charge in [0.25, 0.3) is 0 Å². The Balaban J connectivity index is 2.60. The predicted octanol–water partition coefficient (Wildman–Crippen LogP) is -0.0700. The van der Waals surface area contributed by atoms with E-state index < -0.39 is 6.04 Å². The van der Waals surface area contributed by atoms with Crippen LogP contribution in [-0.4, -0.2) is 25.0 Å². The van der Waals surface area contributed by atoms with Crippen LogP contribution in [0, 0.1) is 11.8 Å². The summed E-state index contributed by atoms with van der Waals surface area (Å²) in [4.78, 5) is 22.0. The Morgan fingerprint density at radius 1 is 1.58 bits per heavy atom. The first-order valence-electron chi connectivity index (χ1n) is 3.96. The van der Waals surface area contributed by atoms with Crippen LogP contribution in [-0.2, 0) is 14.3 Å². The first kappa shape index (κ1) is 9.03. The molecule has 0 aromatic heterocycles. The zero-order valence-electron chi connectivity index (χ0n) is 7.46. The third-order valence-corrected chi connectivity index (χ3v) is 2.13. The van der Waals surface area contributed by atoms with Crippen LogP contribution in [0.4, 0.5) is 0 Å². The molecule has 1 saturated heterocycles. The number of β-lactam (4-membered cyclic amide) rings is 1. The predicted molar refractivity (Wildman–Crippen MR) is 42.3 cm³/mol. The molecule has 0 unspecified atom stereocenters. The number of ether oxygens (including phenoxy) is 1. The number of hydrogen-bond donors (Lipinski definition) is 1. The van der Waals surface area contributed by atoms with E-state index >= 15 is 0 Å². The van der Waals surface area contributed by atoms with Crippen LogP contribution < -0.4 is 5.32 Å². The molecule has 68 valence electrons. The van der Waals surface area contributed by atoms with Crippen LogP contribution in [0.15, 0.2) is 0 Å². The van der Waals surface area contributed by atoms with Gasteiger partial charge < -0.3 is 10.1 Å². The first-order chi connectivity index (χ1) is 5.57. The second-order valence-corrected chi connectivity index (χ2v) is 3.28. The third kappa shape index (κ3) is 1.29. The molecule has 0 aromatic carbocycles. The van der Waals surface area contributed by atoms with Gasteiger partial charge in [0.05, 0.1) is 13.0 Å². The highest BCUT2D eigenvalue weighted by atomic mass is 16.5. The topological polar surface area (TPSA) is 55.4 Å². The minimum Gasteiger partial charge on any atom is -0.467 e. The maximum atomic E-state index is 11.0. The molecule has 1 N–H and O–H groups in total. The fraction of sp³-hybridized carbons (Fsp3) is 0.750. The Kier molecular flexibility index (Phi) is 2.35. The number of amides is 1. The molecule has 1 heterocycles. The second kappa shape index (κ2) is 3.13. The molecule has 0 radical (unpaired) electrons. The molecule has 1 amide bonds. The van der Waals surface area contributed by atoms with E-state index in [-0.39, 0.29) is 23.7 Å². The lowest BCUT2D eigenvalue weighted by atomic mass is 9.81. The highest BCUT2D eigenvalue weighted by Crippen LogP contribution is 2.24. The van der Waals surface area contributed by atoms with Gasteiger partial charge in [-0.3, -0.25) is 4.79 Å². The van der Waals surface area contributed by atoms with E-state index in [0.29, 0.717) is 0 Å². The van der Waals surface area contributed by atoms with Gasteiger partial charge in [0, 0.05) is 0 Å². The molecule has 12 heavy (non-hydrogen) atoms. The maximum absolute atomic E-state index is 11.0. The van der Waals surface area contributed by atoms with E-state index in [1.165, 1.54) is 7.11 Å². The molecule has 0 spiro atoms. The van der Waals surface area contributed by atoms with Gasteiger partial charge in [-0.1, -0.05) is 13.8 Å². The number of hydrogen-bond acceptors (Lipinski definition) is 3. The Labute approximate surface area is 71.3 Å². The highest BCUT2D eigenvalue weighted by Gasteiger charge is 2.46. The van der Waals surface area contributed by atoms with Crippen molar-refractivity contribution < 1.29 is 14.3 Å². The minimum absolute atomic E-state index is 0.0552. The van der Waals surface area contributed by atoms with Gasteiger partial charge in [-0.2, -0.15) is 0 Å². The third-order valence-electron chi connectivity index (χ3n) is 2.13. The molecule has 0 aliphatic carbocycles. The van der Waals surface area contributed by atoms with Crippen molar-refractivity contribution >= 4 is 11.9 Å². The SMILES string of the molecule is COC(=O)[C@@H]1NC(=O)[C@@H]1C(C)C. The summed E-state index contributed by atoms with van der Waals surface area (Å²) in [6.45, 7) is 3.83. The number of nitrogens with one attached hydrogen (secondary N) is 1. The lowest BCUT2D eigenvalue weighted by Crippen LogP contribution is -2.63. The fourth-order valence-corrected chi connectivity index (χ4v) is 1.41. The van der Waals surface area contributed by atoms with Crippen molar-refractivity contribution in [1.82, 2.24) is 5.32 Å². The van der Waals surface area contributed by atoms with Gasteiger partial charge in [-0.05, 0) is 5.92 Å². The molecule has 1 aliphatic heterocycles. The second-order valence-electron chi connectivity index (χ2n) is 3.28. The molecule has 1 aliphatic rings. The van der Waals surface area contributed by atoms with Crippen molar-refractivity contribution in [2.24, 2.45) is 11.8 Å². The van der Waals surface area contributed by atoms with Crippen molar-refractivity contribution in [2.75, 3.05) is 7.11 Å². The van der Waals surface area contributed by atoms with Gasteiger partial charge in [0.15, 0.2) is 0 Å². The number of rotatable bonds is 2. The van der Waals surface area contributed by atoms with Gasteiger partial charge in [0.2, 0.25) is 5.91 Å². The van der Waals surface area contributed by atoms with Crippen LogP contribution in [0.2, 0.25) is 0 Å². The number of esters is 1. The van der Waals surface area contributed by atoms with Crippen molar-refractivity contribution in [3.63, 3.8) is 0 Å². The van der Waals surface area contributed by atoms with Crippen molar-refractivity contribution in [2.45, 2.75) is 19.9 Å². The average Bonchev–Trinajstić information content (AvgIpc) is 1.97. The summed E-state index contributed by atoms with van der Waals surface area (Å²) in [6, 6.07) is -0.428. The van der Waals surface area contributed by atoms with Gasteiger partial charge in [-0.15, -0.1) is 0 Å². The minimum atomic E-state index is -0.428. The molecule has 4 heteroatoms. The average molecular weight is 171 g/mol. The van der Waals surface area contributed by atoms with E-state index in [1.54, 1.807) is 0 Å². The van der Waals surface area contributed by atoms with E-state index in [4.69, 9.17) is 0 Å². The lowest BCUT2D eigenvalue weighted by Gasteiger charge is -2.36. The lowest BCUT2D eigenvalue weighted by molar-refractivity contribution is -0.157. The van der Waals surface area contributed by atoms with E-state index in [1.807, 2.05) is 13.8 Å². The van der Waals surface area contributed by atoms with Gasteiger partial charge in [-0.25, -0.2) is 4.79 Å². The monoisotopic (exact) mass is 171 g/mol. The van der Waals surface area contributed by atoms with Crippen molar-refractivity contribution in [1.29, 1.82) is 0 Å². The highest BCUT2D eigenvalue weighted by molar-refractivity contribution is 5.97. The normalized spacial score (nSPS) is 27.8. The van der Waals surface area contributed by atoms with Gasteiger partial charge >= 0.3 is 5.97 Å². The molecule has 1 rings (SSSR count). The zero-order chi connectivity index (χ0) is 9.30. The number of methoxy groups -OCH3 is 1. The fourth-order valence-electron chi connectivity index (χ4n) is 1.41. The van der Waals surface area contributed by atoms with Crippen LogP contribution in [0.3, 0.4) is 0 Å². The molecular weight excluding hydrogens is 158 g/mol. The Morgan fingerprint density at radius 3 is 2.50 bits per heavy atom. The van der Waals surface area contributed by atoms with Crippen LogP contribution >= 0.6 is 0 Å². The van der Waals surface area contributed by atoms with Crippen LogP contribution in [0.5, 0.6) is 0 Å².